The molecule has 0 unspecified atom stereocenters. The molecule has 0 aliphatic carbocycles. The van der Waals surface area contributed by atoms with Crippen molar-refractivity contribution >= 4 is 0 Å². The van der Waals surface area contributed by atoms with Gasteiger partial charge in [-0.3, -0.25) is 0 Å². The fraction of sp³-hybridized carbons (Fsp3) is 0.789. The number of nitrogens with zero attached hydrogens (tertiary/aromatic N) is 6. The minimum Gasteiger partial charge on any atom is -0.358 e. The second kappa shape index (κ2) is 21.0. The molecule has 0 saturated carbocycles. The summed E-state index contributed by atoms with van der Waals surface area (Å²) in [4.78, 5) is 0. The summed E-state index contributed by atoms with van der Waals surface area (Å²) in [6.07, 6.45) is 6.38. The molecule has 4 rings (SSSR count). The van der Waals surface area contributed by atoms with Gasteiger partial charge in [-0.1, -0.05) is 0 Å². The third kappa shape index (κ3) is 14.2. The van der Waals surface area contributed by atoms with E-state index in [2.05, 4.69) is 139 Å². The van der Waals surface area contributed by atoms with Crippen LogP contribution in [0.5, 0.6) is 0 Å². The molecule has 6 nitrogen and oxygen atoms in total. The van der Waals surface area contributed by atoms with Crippen molar-refractivity contribution in [2.45, 2.75) is 119 Å². The standard InChI is InChI=1S/C12H26N2.C12H30N2.C9H17N2.5CH3/c1-11(2)13-5-8-14(9-6-13,10-7-13)12(3)4;1-11(2)13(5,6)9-10-14(7,8)12(3)4;1-8(2)10-5-6-11(7-10)9(3)4;;;;;/h11-12H,5-10H2,1-4H3;11-12H,9-10H2,1-8H3;5-9H,1-4H3;5*1H3/q2*+2;+1;5*-1. The summed E-state index contributed by atoms with van der Waals surface area (Å²) in [5, 5.41) is 0. The lowest BCUT2D eigenvalue weighted by Crippen LogP contribution is -2.78. The van der Waals surface area contributed by atoms with Crippen LogP contribution in [0.15, 0.2) is 18.7 Å². The molecular formula is C38H88N6. The van der Waals surface area contributed by atoms with E-state index in [0.717, 1.165) is 21.0 Å². The van der Waals surface area contributed by atoms with Crippen LogP contribution in [0.2, 0.25) is 0 Å². The molecule has 0 N–H and O–H groups in total. The highest BCUT2D eigenvalue weighted by molar-refractivity contribution is 4.70. The number of hydrogen-bond acceptors (Lipinski definition) is 0. The van der Waals surface area contributed by atoms with Gasteiger partial charge in [0.15, 0.2) is 0 Å². The molecular weight excluding hydrogens is 540 g/mol. The van der Waals surface area contributed by atoms with E-state index in [1.54, 1.807) is 0 Å². The highest BCUT2D eigenvalue weighted by Gasteiger charge is 2.51. The largest absolute Gasteiger partial charge is 0.358 e. The molecule has 0 atom stereocenters. The van der Waals surface area contributed by atoms with E-state index in [1.807, 2.05) is 0 Å². The van der Waals surface area contributed by atoms with E-state index in [4.69, 9.17) is 0 Å². The van der Waals surface area contributed by atoms with Gasteiger partial charge in [0, 0.05) is 0 Å². The summed E-state index contributed by atoms with van der Waals surface area (Å²) in [5.41, 5.74) is 0. The van der Waals surface area contributed by atoms with Crippen LogP contribution in [0, 0.1) is 37.1 Å². The van der Waals surface area contributed by atoms with Gasteiger partial charge in [0.2, 0.25) is 6.33 Å². The van der Waals surface area contributed by atoms with Crippen LogP contribution in [0.4, 0.5) is 0 Å². The molecule has 3 aliphatic heterocycles. The number of aromatic nitrogens is 2. The van der Waals surface area contributed by atoms with Crippen LogP contribution in [0.3, 0.4) is 0 Å². The molecule has 44 heavy (non-hydrogen) atoms. The van der Waals surface area contributed by atoms with Crippen molar-refractivity contribution in [3.8, 4) is 0 Å². The van der Waals surface area contributed by atoms with Crippen molar-refractivity contribution in [1.82, 2.24) is 4.57 Å². The van der Waals surface area contributed by atoms with Gasteiger partial charge in [0.25, 0.3) is 0 Å². The van der Waals surface area contributed by atoms with Crippen molar-refractivity contribution in [1.29, 1.82) is 0 Å². The van der Waals surface area contributed by atoms with Gasteiger partial charge in [-0.2, -0.15) is 0 Å². The Morgan fingerprint density at radius 3 is 1.02 bits per heavy atom. The maximum atomic E-state index is 2.40. The minimum atomic E-state index is 0. The van der Waals surface area contributed by atoms with Gasteiger partial charge in [0.05, 0.1) is 64.4 Å². The van der Waals surface area contributed by atoms with Crippen LogP contribution in [-0.4, -0.2) is 127 Å². The molecule has 3 saturated heterocycles. The van der Waals surface area contributed by atoms with E-state index in [9.17, 15) is 0 Å². The van der Waals surface area contributed by atoms with Crippen LogP contribution < -0.4 is 4.57 Å². The molecule has 1 aromatic rings. The Morgan fingerprint density at radius 2 is 0.864 bits per heavy atom. The molecule has 3 aliphatic rings. The zero-order valence-electron chi connectivity index (χ0n) is 34.5. The molecule has 2 bridgehead atoms. The first kappa shape index (κ1) is 52.6. The summed E-state index contributed by atoms with van der Waals surface area (Å²) in [7, 11) is 9.30. The lowest BCUT2D eigenvalue weighted by Gasteiger charge is -2.58. The predicted molar refractivity (Wildman–Crippen MR) is 202 cm³/mol. The van der Waals surface area contributed by atoms with Gasteiger partial charge in [0.1, 0.15) is 64.8 Å². The highest BCUT2D eigenvalue weighted by atomic mass is 15.5. The Labute approximate surface area is 282 Å². The molecule has 0 radical (unpaired) electrons. The maximum absolute atomic E-state index is 2.40. The van der Waals surface area contributed by atoms with E-state index in [-0.39, 0.29) is 37.1 Å². The summed E-state index contributed by atoms with van der Waals surface area (Å²) in [6, 6.07) is 4.23. The summed E-state index contributed by atoms with van der Waals surface area (Å²) < 4.78 is 9.47. The van der Waals surface area contributed by atoms with E-state index < -0.39 is 0 Å². The zero-order valence-corrected chi connectivity index (χ0v) is 34.5. The first-order chi connectivity index (χ1) is 17.7. The lowest BCUT2D eigenvalue weighted by molar-refractivity contribution is -1.10. The second-order valence-electron chi connectivity index (χ2n) is 15.7. The minimum absolute atomic E-state index is 0. The van der Waals surface area contributed by atoms with E-state index in [1.165, 1.54) is 61.3 Å². The van der Waals surface area contributed by atoms with Gasteiger partial charge >= 0.3 is 0 Å². The average molecular weight is 629 g/mol. The van der Waals surface area contributed by atoms with Gasteiger partial charge in [-0.05, 0) is 83.1 Å². The normalized spacial score (nSPS) is 20.9. The number of hydrogen-bond donors (Lipinski definition) is 0. The Morgan fingerprint density at radius 1 is 0.568 bits per heavy atom. The van der Waals surface area contributed by atoms with Crippen molar-refractivity contribution in [2.24, 2.45) is 0 Å². The SMILES string of the molecule is CC(C)[N+](C)(C)CC[N+](C)(C)C(C)C.CC(C)[N+]12CC[N+](C(C)C)(CC1)CC2.CC(C)n1cc[n+](C(C)C)c1.[CH3-].[CH3-].[CH3-].[CH3-].[CH3-]. The number of rotatable bonds is 9. The van der Waals surface area contributed by atoms with Crippen LogP contribution in [0.25, 0.3) is 0 Å². The number of fused-ring (bicyclic) bond motifs is 3. The molecule has 0 spiro atoms. The quantitative estimate of drug-likeness (QED) is 0.151. The number of imidazole rings is 1. The van der Waals surface area contributed by atoms with Gasteiger partial charge in [-0.15, -0.1) is 0 Å². The van der Waals surface area contributed by atoms with Crippen molar-refractivity contribution < 1.29 is 22.5 Å². The van der Waals surface area contributed by atoms with Gasteiger partial charge < -0.3 is 55.1 Å². The van der Waals surface area contributed by atoms with Crippen molar-refractivity contribution in [3.05, 3.63) is 55.9 Å². The monoisotopic (exact) mass is 629 g/mol. The first-order valence-electron chi connectivity index (χ1n) is 16.2. The van der Waals surface area contributed by atoms with Crippen molar-refractivity contribution in [3.63, 3.8) is 0 Å². The van der Waals surface area contributed by atoms with Crippen LogP contribution in [0.1, 0.15) is 95.2 Å². The van der Waals surface area contributed by atoms with Crippen molar-refractivity contribution in [2.75, 3.05) is 80.5 Å². The number of piperazine rings is 3. The summed E-state index contributed by atoms with van der Waals surface area (Å²) >= 11 is 0. The van der Waals surface area contributed by atoms with Crippen LogP contribution in [-0.2, 0) is 0 Å². The fourth-order valence-corrected chi connectivity index (χ4v) is 5.44. The fourth-order valence-electron chi connectivity index (χ4n) is 5.44. The average Bonchev–Trinajstić information content (AvgIpc) is 3.36. The smallest absolute Gasteiger partial charge is 0.244 e. The van der Waals surface area contributed by atoms with E-state index >= 15 is 0 Å². The summed E-state index contributed by atoms with van der Waals surface area (Å²) in [6.45, 7) is 38.6. The molecule has 6 heteroatoms. The molecule has 1 aromatic heterocycles. The van der Waals surface area contributed by atoms with E-state index in [0.29, 0.717) is 24.2 Å². The highest BCUT2D eigenvalue weighted by Crippen LogP contribution is 2.31. The Balaban J connectivity index is -0.000000165. The molecule has 3 fully saturated rings. The second-order valence-corrected chi connectivity index (χ2v) is 15.7. The topological polar surface area (TPSA) is 8.81 Å². The molecule has 270 valence electrons. The molecule has 4 heterocycles. The maximum Gasteiger partial charge on any atom is 0.244 e. The summed E-state index contributed by atoms with van der Waals surface area (Å²) in [5.74, 6) is 0. The third-order valence-electron chi connectivity index (χ3n) is 11.1. The van der Waals surface area contributed by atoms with Crippen LogP contribution >= 0.6 is 0 Å². The zero-order chi connectivity index (χ0) is 30.4. The third-order valence-corrected chi connectivity index (χ3v) is 11.1. The first-order valence-corrected chi connectivity index (χ1v) is 16.2. The Kier molecular flexibility index (Phi) is 25.1. The lowest BCUT2D eigenvalue weighted by atomic mass is 10.0. The molecule has 0 aromatic carbocycles. The Bertz CT molecular complexity index is 741. The molecule has 0 amide bonds. The van der Waals surface area contributed by atoms with Gasteiger partial charge in [-0.25, -0.2) is 9.13 Å². The number of likely N-dealkylation sites (N-methyl/N-ethyl adjacent to an activating group) is 2. The predicted octanol–water partition coefficient (Wildman–Crippen LogP) is 7.61. The Hall–Kier alpha value is -0.950. The number of quaternary nitrogens is 4.